The fourth-order valence-electron chi connectivity index (χ4n) is 2.32. The van der Waals surface area contributed by atoms with Gasteiger partial charge in [0.15, 0.2) is 4.96 Å². The molecule has 1 aromatic carbocycles. The maximum atomic E-state index is 12.0. The molecule has 0 spiro atoms. The van der Waals surface area contributed by atoms with E-state index in [-0.39, 0.29) is 5.78 Å². The molecule has 0 aliphatic carbocycles. The first-order valence-corrected chi connectivity index (χ1v) is 7.57. The smallest absolute Gasteiger partial charge is 0.193 e. The second kappa shape index (κ2) is 5.59. The molecule has 0 saturated heterocycles. The summed E-state index contributed by atoms with van der Waals surface area (Å²) >= 11 is 1.59. The van der Waals surface area contributed by atoms with Crippen LogP contribution in [0.2, 0.25) is 0 Å². The van der Waals surface area contributed by atoms with Crippen LogP contribution in [-0.4, -0.2) is 15.2 Å². The number of fused-ring (bicyclic) bond motifs is 1. The molecule has 0 aliphatic heterocycles. The van der Waals surface area contributed by atoms with Gasteiger partial charge in [-0.15, -0.1) is 11.3 Å². The summed E-state index contributed by atoms with van der Waals surface area (Å²) in [6.07, 6.45) is 5.73. The lowest BCUT2D eigenvalue weighted by molar-refractivity contribution is -0.118. The van der Waals surface area contributed by atoms with Gasteiger partial charge in [-0.2, -0.15) is 0 Å². The van der Waals surface area contributed by atoms with Gasteiger partial charge in [-0.25, -0.2) is 4.98 Å². The standard InChI is InChI=1S/C16H16N2OS/c1-12-4-2-3-5-13(12)6-7-15(19)10-14-11-18-8-9-20-16(18)17-14/h2-5,8-9,11H,6-7,10H2,1H3. The van der Waals surface area contributed by atoms with E-state index in [1.807, 2.05) is 34.3 Å². The molecule has 3 aromatic rings. The third-order valence-electron chi connectivity index (χ3n) is 3.46. The van der Waals surface area contributed by atoms with Crippen LogP contribution in [0.1, 0.15) is 23.2 Å². The van der Waals surface area contributed by atoms with Gasteiger partial charge in [0.2, 0.25) is 0 Å². The summed E-state index contributed by atoms with van der Waals surface area (Å²) in [6, 6.07) is 8.23. The van der Waals surface area contributed by atoms with Crippen molar-refractivity contribution in [2.75, 3.05) is 0 Å². The van der Waals surface area contributed by atoms with Gasteiger partial charge in [-0.1, -0.05) is 24.3 Å². The maximum Gasteiger partial charge on any atom is 0.193 e. The first kappa shape index (κ1) is 13.1. The highest BCUT2D eigenvalue weighted by Gasteiger charge is 2.09. The van der Waals surface area contributed by atoms with Crippen molar-refractivity contribution in [1.82, 2.24) is 9.38 Å². The molecule has 2 heterocycles. The van der Waals surface area contributed by atoms with Crippen molar-refractivity contribution in [3.8, 4) is 0 Å². The Labute approximate surface area is 121 Å². The first-order chi connectivity index (χ1) is 9.72. The minimum absolute atomic E-state index is 0.249. The number of imidazole rings is 1. The van der Waals surface area contributed by atoms with E-state index in [0.29, 0.717) is 12.8 Å². The fourth-order valence-corrected chi connectivity index (χ4v) is 3.04. The average Bonchev–Trinajstić information content (AvgIpc) is 2.98. The van der Waals surface area contributed by atoms with Crippen LogP contribution in [0.5, 0.6) is 0 Å². The second-order valence-corrected chi connectivity index (χ2v) is 5.84. The molecular weight excluding hydrogens is 268 g/mol. The highest BCUT2D eigenvalue weighted by Crippen LogP contribution is 2.14. The van der Waals surface area contributed by atoms with Crippen molar-refractivity contribution in [2.45, 2.75) is 26.2 Å². The van der Waals surface area contributed by atoms with Crippen LogP contribution < -0.4 is 0 Å². The van der Waals surface area contributed by atoms with Crippen molar-refractivity contribution >= 4 is 22.1 Å². The highest BCUT2D eigenvalue weighted by molar-refractivity contribution is 7.15. The van der Waals surface area contributed by atoms with Gasteiger partial charge in [-0.3, -0.25) is 9.20 Å². The minimum Gasteiger partial charge on any atom is -0.299 e. The minimum atomic E-state index is 0.249. The molecule has 20 heavy (non-hydrogen) atoms. The number of Topliss-reactive ketones (excluding diaryl/α,β-unsaturated/α-hetero) is 1. The number of thiazole rings is 1. The fraction of sp³-hybridized carbons (Fsp3) is 0.250. The SMILES string of the molecule is Cc1ccccc1CCC(=O)Cc1cn2ccsc2n1. The predicted octanol–water partition coefficient (Wildman–Crippen LogP) is 3.45. The molecule has 0 saturated carbocycles. The number of rotatable bonds is 5. The Kier molecular flexibility index (Phi) is 3.65. The summed E-state index contributed by atoms with van der Waals surface area (Å²) in [6.45, 7) is 2.09. The van der Waals surface area contributed by atoms with Crippen molar-refractivity contribution in [3.05, 3.63) is 58.9 Å². The van der Waals surface area contributed by atoms with E-state index in [0.717, 1.165) is 17.1 Å². The highest BCUT2D eigenvalue weighted by atomic mass is 32.1. The molecule has 0 N–H and O–H groups in total. The Morgan fingerprint density at radius 2 is 2.20 bits per heavy atom. The van der Waals surface area contributed by atoms with Gasteiger partial charge in [0.25, 0.3) is 0 Å². The first-order valence-electron chi connectivity index (χ1n) is 6.69. The zero-order valence-corrected chi connectivity index (χ0v) is 12.2. The summed E-state index contributed by atoms with van der Waals surface area (Å²) < 4.78 is 1.97. The van der Waals surface area contributed by atoms with Crippen LogP contribution in [0.15, 0.2) is 42.0 Å². The van der Waals surface area contributed by atoms with Crippen LogP contribution in [0, 0.1) is 6.92 Å². The van der Waals surface area contributed by atoms with Gasteiger partial charge < -0.3 is 0 Å². The van der Waals surface area contributed by atoms with E-state index < -0.39 is 0 Å². The number of ketones is 1. The largest absolute Gasteiger partial charge is 0.299 e. The third-order valence-corrected chi connectivity index (χ3v) is 4.23. The summed E-state index contributed by atoms with van der Waals surface area (Å²) in [5.41, 5.74) is 3.38. The molecule has 0 aliphatic rings. The van der Waals surface area contributed by atoms with Crippen LogP contribution in [0.25, 0.3) is 4.96 Å². The Morgan fingerprint density at radius 1 is 1.35 bits per heavy atom. The van der Waals surface area contributed by atoms with E-state index in [9.17, 15) is 4.79 Å². The van der Waals surface area contributed by atoms with E-state index in [1.165, 1.54) is 11.1 Å². The van der Waals surface area contributed by atoms with E-state index in [1.54, 1.807) is 11.3 Å². The average molecular weight is 284 g/mol. The number of aromatic nitrogens is 2. The van der Waals surface area contributed by atoms with Gasteiger partial charge >= 0.3 is 0 Å². The number of hydrogen-bond donors (Lipinski definition) is 0. The lowest BCUT2D eigenvalue weighted by Gasteiger charge is -2.04. The zero-order chi connectivity index (χ0) is 13.9. The van der Waals surface area contributed by atoms with Crippen LogP contribution in [0.4, 0.5) is 0 Å². The molecule has 0 unspecified atom stereocenters. The molecule has 2 aromatic heterocycles. The van der Waals surface area contributed by atoms with E-state index >= 15 is 0 Å². The molecule has 4 heteroatoms. The van der Waals surface area contributed by atoms with Crippen molar-refractivity contribution < 1.29 is 4.79 Å². The molecule has 3 rings (SSSR count). The number of carbonyl (C=O) groups is 1. The van der Waals surface area contributed by atoms with Crippen LogP contribution >= 0.6 is 11.3 Å². The number of aryl methyl sites for hydroxylation is 2. The Bertz CT molecular complexity index is 713. The second-order valence-electron chi connectivity index (χ2n) is 4.97. The lowest BCUT2D eigenvalue weighted by Crippen LogP contribution is -2.05. The summed E-state index contributed by atoms with van der Waals surface area (Å²) in [5.74, 6) is 0.249. The van der Waals surface area contributed by atoms with E-state index in [2.05, 4.69) is 24.0 Å². The van der Waals surface area contributed by atoms with Crippen LogP contribution in [0.3, 0.4) is 0 Å². The third kappa shape index (κ3) is 2.80. The Balaban J connectivity index is 1.60. The van der Waals surface area contributed by atoms with Gasteiger partial charge in [0, 0.05) is 24.2 Å². The van der Waals surface area contributed by atoms with Gasteiger partial charge in [-0.05, 0) is 24.5 Å². The predicted molar refractivity (Wildman–Crippen MR) is 81.3 cm³/mol. The van der Waals surface area contributed by atoms with Crippen molar-refractivity contribution in [1.29, 1.82) is 0 Å². The molecule has 0 bridgehead atoms. The summed E-state index contributed by atoms with van der Waals surface area (Å²) in [7, 11) is 0. The van der Waals surface area contributed by atoms with Crippen molar-refractivity contribution in [2.24, 2.45) is 0 Å². The van der Waals surface area contributed by atoms with E-state index in [4.69, 9.17) is 0 Å². The number of nitrogens with zero attached hydrogens (tertiary/aromatic N) is 2. The molecular formula is C16H16N2OS. The summed E-state index contributed by atoms with van der Waals surface area (Å²) in [4.78, 5) is 17.4. The molecule has 0 radical (unpaired) electrons. The normalized spacial score (nSPS) is 11.1. The zero-order valence-electron chi connectivity index (χ0n) is 11.4. The Hall–Kier alpha value is -1.94. The number of carbonyl (C=O) groups excluding carboxylic acids is 1. The molecule has 0 atom stereocenters. The molecule has 0 fully saturated rings. The van der Waals surface area contributed by atoms with Crippen LogP contribution in [-0.2, 0) is 17.6 Å². The lowest BCUT2D eigenvalue weighted by atomic mass is 10.0. The van der Waals surface area contributed by atoms with Crippen molar-refractivity contribution in [3.63, 3.8) is 0 Å². The topological polar surface area (TPSA) is 34.4 Å². The molecule has 3 nitrogen and oxygen atoms in total. The maximum absolute atomic E-state index is 12.0. The monoisotopic (exact) mass is 284 g/mol. The molecule has 102 valence electrons. The Morgan fingerprint density at radius 3 is 3.00 bits per heavy atom. The quantitative estimate of drug-likeness (QED) is 0.719. The number of benzene rings is 1. The number of hydrogen-bond acceptors (Lipinski definition) is 3. The van der Waals surface area contributed by atoms with Gasteiger partial charge in [0.1, 0.15) is 5.78 Å². The van der Waals surface area contributed by atoms with Gasteiger partial charge in [0.05, 0.1) is 12.1 Å². The summed E-state index contributed by atoms with van der Waals surface area (Å²) in [5, 5.41) is 1.99. The molecule has 0 amide bonds.